The van der Waals surface area contributed by atoms with Crippen molar-refractivity contribution in [2.45, 2.75) is 25.9 Å². The zero-order valence-electron chi connectivity index (χ0n) is 14.6. The highest BCUT2D eigenvalue weighted by atomic mass is 16.5. The fraction of sp³-hybridized carbons (Fsp3) is 0.400. The maximum atomic E-state index is 12.2. The first-order valence-electron chi connectivity index (χ1n) is 8.88. The van der Waals surface area contributed by atoms with Crippen molar-refractivity contribution in [1.82, 2.24) is 10.3 Å². The summed E-state index contributed by atoms with van der Waals surface area (Å²) < 4.78 is 5.66. The quantitative estimate of drug-likeness (QED) is 0.879. The lowest BCUT2D eigenvalue weighted by Crippen LogP contribution is -2.42. The minimum absolute atomic E-state index is 0.0593. The average Bonchev–Trinajstić information content (AvgIpc) is 2.68. The van der Waals surface area contributed by atoms with Crippen molar-refractivity contribution in [1.29, 1.82) is 0 Å². The SMILES string of the molecule is CC(Oc1ccccc1)C(=O)NCC1CCN(c2ccccn2)CC1. The summed E-state index contributed by atoms with van der Waals surface area (Å²) in [4.78, 5) is 18.9. The largest absolute Gasteiger partial charge is 0.481 e. The molecule has 25 heavy (non-hydrogen) atoms. The van der Waals surface area contributed by atoms with Crippen LogP contribution in [0.5, 0.6) is 5.75 Å². The molecule has 0 saturated carbocycles. The third-order valence-corrected chi connectivity index (χ3v) is 4.58. The molecule has 5 heteroatoms. The van der Waals surface area contributed by atoms with Gasteiger partial charge in [-0.1, -0.05) is 24.3 Å². The first kappa shape index (κ1) is 17.3. The summed E-state index contributed by atoms with van der Waals surface area (Å²) in [7, 11) is 0. The monoisotopic (exact) mass is 339 g/mol. The van der Waals surface area contributed by atoms with Crippen molar-refractivity contribution in [3.63, 3.8) is 0 Å². The second kappa shape index (κ2) is 8.51. The number of ether oxygens (including phenoxy) is 1. The summed E-state index contributed by atoms with van der Waals surface area (Å²) in [5.41, 5.74) is 0. The summed E-state index contributed by atoms with van der Waals surface area (Å²) in [5, 5.41) is 3.03. The predicted octanol–water partition coefficient (Wildman–Crippen LogP) is 2.88. The Labute approximate surface area is 149 Å². The van der Waals surface area contributed by atoms with Gasteiger partial charge in [-0.3, -0.25) is 4.79 Å². The summed E-state index contributed by atoms with van der Waals surface area (Å²) >= 11 is 0. The molecule has 1 amide bonds. The van der Waals surface area contributed by atoms with Crippen LogP contribution in [0.25, 0.3) is 0 Å². The second-order valence-corrected chi connectivity index (χ2v) is 6.44. The highest BCUT2D eigenvalue weighted by Crippen LogP contribution is 2.21. The number of piperidine rings is 1. The van der Waals surface area contributed by atoms with Crippen LogP contribution in [0.3, 0.4) is 0 Å². The third kappa shape index (κ3) is 4.95. The number of para-hydroxylation sites is 1. The van der Waals surface area contributed by atoms with E-state index in [1.165, 1.54) is 0 Å². The molecule has 1 unspecified atom stereocenters. The van der Waals surface area contributed by atoms with Gasteiger partial charge in [-0.05, 0) is 49.9 Å². The van der Waals surface area contributed by atoms with E-state index < -0.39 is 6.10 Å². The number of hydrogen-bond acceptors (Lipinski definition) is 4. The Balaban J connectivity index is 1.40. The van der Waals surface area contributed by atoms with Crippen molar-refractivity contribution < 1.29 is 9.53 Å². The molecule has 0 bridgehead atoms. The Bertz CT molecular complexity index is 655. The molecule has 1 fully saturated rings. The highest BCUT2D eigenvalue weighted by Gasteiger charge is 2.22. The zero-order chi connectivity index (χ0) is 17.5. The van der Waals surface area contributed by atoms with E-state index in [-0.39, 0.29) is 5.91 Å². The zero-order valence-corrected chi connectivity index (χ0v) is 14.6. The molecule has 0 spiro atoms. The molecule has 5 nitrogen and oxygen atoms in total. The Morgan fingerprint density at radius 1 is 1.20 bits per heavy atom. The lowest BCUT2D eigenvalue weighted by atomic mass is 9.96. The summed E-state index contributed by atoms with van der Waals surface area (Å²) in [6.45, 7) is 4.45. The smallest absolute Gasteiger partial charge is 0.260 e. The average molecular weight is 339 g/mol. The van der Waals surface area contributed by atoms with Crippen LogP contribution in [0.2, 0.25) is 0 Å². The van der Waals surface area contributed by atoms with Gasteiger partial charge in [0.25, 0.3) is 5.91 Å². The number of hydrogen-bond donors (Lipinski definition) is 1. The van der Waals surface area contributed by atoms with E-state index in [4.69, 9.17) is 4.74 Å². The van der Waals surface area contributed by atoms with Crippen molar-refractivity contribution >= 4 is 11.7 Å². The normalized spacial score (nSPS) is 16.3. The van der Waals surface area contributed by atoms with E-state index in [0.29, 0.717) is 18.2 Å². The summed E-state index contributed by atoms with van der Waals surface area (Å²) in [6, 6.07) is 15.4. The minimum Gasteiger partial charge on any atom is -0.481 e. The lowest BCUT2D eigenvalue weighted by molar-refractivity contribution is -0.127. The fourth-order valence-electron chi connectivity index (χ4n) is 3.05. The van der Waals surface area contributed by atoms with E-state index >= 15 is 0 Å². The first-order valence-corrected chi connectivity index (χ1v) is 8.88. The van der Waals surface area contributed by atoms with Crippen LogP contribution in [0.1, 0.15) is 19.8 Å². The molecule has 1 saturated heterocycles. The molecule has 1 atom stereocenters. The number of aromatic nitrogens is 1. The standard InChI is InChI=1S/C20H25N3O2/c1-16(25-18-7-3-2-4-8-18)20(24)22-15-17-10-13-23(14-11-17)19-9-5-6-12-21-19/h2-9,12,16-17H,10-11,13-15H2,1H3,(H,22,24). The van der Waals surface area contributed by atoms with Crippen LogP contribution < -0.4 is 15.0 Å². The van der Waals surface area contributed by atoms with E-state index in [1.54, 1.807) is 6.92 Å². The molecule has 0 radical (unpaired) electrons. The maximum Gasteiger partial charge on any atom is 0.260 e. The van der Waals surface area contributed by atoms with E-state index in [2.05, 4.69) is 15.2 Å². The number of carbonyl (C=O) groups excluding carboxylic acids is 1. The van der Waals surface area contributed by atoms with E-state index in [0.717, 1.165) is 31.7 Å². The van der Waals surface area contributed by atoms with Crippen molar-refractivity contribution in [3.8, 4) is 5.75 Å². The van der Waals surface area contributed by atoms with Gasteiger partial charge in [0.05, 0.1) is 0 Å². The Kier molecular flexibility index (Phi) is 5.88. The number of rotatable bonds is 6. The fourth-order valence-corrected chi connectivity index (χ4v) is 3.05. The van der Waals surface area contributed by atoms with Gasteiger partial charge in [0.2, 0.25) is 0 Å². The molecule has 1 aromatic carbocycles. The number of pyridine rings is 1. The van der Waals surface area contributed by atoms with Crippen molar-refractivity contribution in [2.24, 2.45) is 5.92 Å². The van der Waals surface area contributed by atoms with Crippen LogP contribution >= 0.6 is 0 Å². The van der Waals surface area contributed by atoms with Gasteiger partial charge in [-0.15, -0.1) is 0 Å². The van der Waals surface area contributed by atoms with Gasteiger partial charge in [-0.25, -0.2) is 4.98 Å². The van der Waals surface area contributed by atoms with Gasteiger partial charge in [0.1, 0.15) is 11.6 Å². The Morgan fingerprint density at radius 2 is 1.92 bits per heavy atom. The molecule has 1 N–H and O–H groups in total. The third-order valence-electron chi connectivity index (χ3n) is 4.58. The lowest BCUT2D eigenvalue weighted by Gasteiger charge is -2.33. The molecule has 1 aliphatic heterocycles. The minimum atomic E-state index is -0.490. The van der Waals surface area contributed by atoms with Gasteiger partial charge < -0.3 is 15.0 Å². The molecule has 2 aromatic rings. The van der Waals surface area contributed by atoms with Gasteiger partial charge in [-0.2, -0.15) is 0 Å². The van der Waals surface area contributed by atoms with Crippen LogP contribution in [0, 0.1) is 5.92 Å². The summed E-state index contributed by atoms with van der Waals surface area (Å²) in [5.74, 6) is 2.20. The molecule has 2 heterocycles. The van der Waals surface area contributed by atoms with E-state index in [1.807, 2.05) is 54.7 Å². The van der Waals surface area contributed by atoms with Crippen LogP contribution in [0.4, 0.5) is 5.82 Å². The van der Waals surface area contributed by atoms with Gasteiger partial charge >= 0.3 is 0 Å². The number of nitrogens with one attached hydrogen (secondary N) is 1. The molecule has 1 aromatic heterocycles. The molecule has 0 aliphatic carbocycles. The highest BCUT2D eigenvalue weighted by molar-refractivity contribution is 5.80. The maximum absolute atomic E-state index is 12.2. The second-order valence-electron chi connectivity index (χ2n) is 6.44. The predicted molar refractivity (Wildman–Crippen MR) is 98.7 cm³/mol. The van der Waals surface area contributed by atoms with Gasteiger partial charge in [0.15, 0.2) is 6.10 Å². The van der Waals surface area contributed by atoms with Crippen molar-refractivity contribution in [3.05, 3.63) is 54.7 Å². The molecular weight excluding hydrogens is 314 g/mol. The molecule has 3 rings (SSSR count). The van der Waals surface area contributed by atoms with Crippen LogP contribution in [-0.2, 0) is 4.79 Å². The number of nitrogens with zero attached hydrogens (tertiary/aromatic N) is 2. The Hall–Kier alpha value is -2.56. The topological polar surface area (TPSA) is 54.5 Å². The molecular formula is C20H25N3O2. The van der Waals surface area contributed by atoms with E-state index in [9.17, 15) is 4.79 Å². The number of benzene rings is 1. The van der Waals surface area contributed by atoms with Crippen LogP contribution in [0.15, 0.2) is 54.7 Å². The number of anilines is 1. The molecule has 132 valence electrons. The van der Waals surface area contributed by atoms with Crippen molar-refractivity contribution in [2.75, 3.05) is 24.5 Å². The number of amides is 1. The number of carbonyl (C=O) groups is 1. The first-order chi connectivity index (χ1) is 12.2. The summed E-state index contributed by atoms with van der Waals surface area (Å²) in [6.07, 6.45) is 3.46. The molecule has 1 aliphatic rings. The Morgan fingerprint density at radius 3 is 2.60 bits per heavy atom. The van der Waals surface area contributed by atoms with Gasteiger partial charge in [0, 0.05) is 25.8 Å². The van der Waals surface area contributed by atoms with Crippen LogP contribution in [-0.4, -0.2) is 36.6 Å².